The van der Waals surface area contributed by atoms with Crippen LogP contribution in [-0.4, -0.2) is 46.1 Å². The van der Waals surface area contributed by atoms with Gasteiger partial charge in [0.2, 0.25) is 0 Å². The van der Waals surface area contributed by atoms with Crippen LogP contribution in [0.3, 0.4) is 0 Å². The molecule has 2 N–H and O–H groups in total. The molecule has 0 spiro atoms. The maximum atomic E-state index is 12.8. The first-order valence-electron chi connectivity index (χ1n) is 8.55. The van der Waals surface area contributed by atoms with Crippen LogP contribution in [0.25, 0.3) is 10.2 Å². The molecule has 1 aromatic carbocycles. The molecule has 1 unspecified atom stereocenters. The van der Waals surface area contributed by atoms with Gasteiger partial charge in [-0.25, -0.2) is 4.98 Å². The molecule has 7 nitrogen and oxygen atoms in total. The average molecular weight is 387 g/mol. The lowest BCUT2D eigenvalue weighted by Crippen LogP contribution is -2.31. The molecular formula is C19H21N3O4S. The van der Waals surface area contributed by atoms with Crippen molar-refractivity contribution >= 4 is 27.5 Å². The number of benzene rings is 1. The van der Waals surface area contributed by atoms with Crippen molar-refractivity contribution in [3.8, 4) is 5.75 Å². The monoisotopic (exact) mass is 387 g/mol. The van der Waals surface area contributed by atoms with Gasteiger partial charge in [-0.2, -0.15) is 0 Å². The van der Waals surface area contributed by atoms with E-state index in [1.54, 1.807) is 32.2 Å². The van der Waals surface area contributed by atoms with Crippen LogP contribution in [0.15, 0.2) is 35.4 Å². The normalized spacial score (nSPS) is 12.1. The summed E-state index contributed by atoms with van der Waals surface area (Å²) in [7, 11) is 1.62. The smallest absolute Gasteiger partial charge is 0.264 e. The quantitative estimate of drug-likeness (QED) is 0.678. The molecule has 0 aliphatic carbocycles. The number of aromatic amines is 1. The first kappa shape index (κ1) is 19.1. The Morgan fingerprint density at radius 3 is 2.93 bits per heavy atom. The summed E-state index contributed by atoms with van der Waals surface area (Å²) in [5.74, 6) is 0.420. The second-order valence-electron chi connectivity index (χ2n) is 6.17. The number of ether oxygens (including phenoxy) is 1. The molecule has 0 saturated carbocycles. The summed E-state index contributed by atoms with van der Waals surface area (Å²) in [5, 5.41) is 11.0. The molecule has 27 heavy (non-hydrogen) atoms. The SMILES string of the molecule is CCOc1cccc(C(O)CN(C)C(=O)c2sc3nc[nH]c(=O)c3c2C)c1. The fraction of sp³-hybridized carbons (Fsp3) is 0.316. The van der Waals surface area contributed by atoms with Gasteiger partial charge in [0.25, 0.3) is 11.5 Å². The first-order chi connectivity index (χ1) is 12.9. The van der Waals surface area contributed by atoms with Crippen LogP contribution in [0.5, 0.6) is 5.75 Å². The highest BCUT2D eigenvalue weighted by Gasteiger charge is 2.23. The van der Waals surface area contributed by atoms with E-state index >= 15 is 0 Å². The van der Waals surface area contributed by atoms with Crippen LogP contribution in [0.1, 0.15) is 33.8 Å². The predicted molar refractivity (Wildman–Crippen MR) is 105 cm³/mol. The van der Waals surface area contributed by atoms with Gasteiger partial charge in [0.05, 0.1) is 35.8 Å². The molecule has 3 rings (SSSR count). The zero-order valence-electron chi connectivity index (χ0n) is 15.4. The number of carbonyl (C=O) groups excluding carboxylic acids is 1. The van der Waals surface area contributed by atoms with Crippen LogP contribution in [-0.2, 0) is 0 Å². The van der Waals surface area contributed by atoms with Crippen molar-refractivity contribution in [3.05, 3.63) is 57.0 Å². The second kappa shape index (κ2) is 7.89. The van der Waals surface area contributed by atoms with Gasteiger partial charge in [0.15, 0.2) is 0 Å². The van der Waals surface area contributed by atoms with Crippen LogP contribution >= 0.6 is 11.3 Å². The van der Waals surface area contributed by atoms with Gasteiger partial charge >= 0.3 is 0 Å². The predicted octanol–water partition coefficient (Wildman–Crippen LogP) is 2.50. The van der Waals surface area contributed by atoms with Gasteiger partial charge in [-0.15, -0.1) is 11.3 Å². The Balaban J connectivity index is 1.80. The van der Waals surface area contributed by atoms with Gasteiger partial charge in [-0.3, -0.25) is 9.59 Å². The number of rotatable bonds is 6. The van der Waals surface area contributed by atoms with E-state index < -0.39 is 6.10 Å². The maximum Gasteiger partial charge on any atom is 0.264 e. The number of fused-ring (bicyclic) bond motifs is 1. The molecule has 8 heteroatoms. The Kier molecular flexibility index (Phi) is 5.57. The summed E-state index contributed by atoms with van der Waals surface area (Å²) >= 11 is 1.18. The summed E-state index contributed by atoms with van der Waals surface area (Å²) in [6, 6.07) is 7.18. The van der Waals surface area contributed by atoms with Crippen molar-refractivity contribution in [2.45, 2.75) is 20.0 Å². The van der Waals surface area contributed by atoms with E-state index in [0.717, 1.165) is 0 Å². The topological polar surface area (TPSA) is 95.5 Å². The third-order valence-electron chi connectivity index (χ3n) is 4.27. The van der Waals surface area contributed by atoms with E-state index in [2.05, 4.69) is 9.97 Å². The highest BCUT2D eigenvalue weighted by Crippen LogP contribution is 2.28. The Hall–Kier alpha value is -2.71. The lowest BCUT2D eigenvalue weighted by Gasteiger charge is -2.21. The molecule has 3 aromatic rings. The molecule has 1 amide bonds. The number of nitrogens with zero attached hydrogens (tertiary/aromatic N) is 2. The van der Waals surface area contributed by atoms with Gasteiger partial charge in [-0.05, 0) is 37.1 Å². The molecule has 142 valence electrons. The molecule has 0 saturated heterocycles. The van der Waals surface area contributed by atoms with Gasteiger partial charge in [-0.1, -0.05) is 12.1 Å². The third kappa shape index (κ3) is 3.86. The number of carbonyl (C=O) groups is 1. The van der Waals surface area contributed by atoms with Crippen molar-refractivity contribution in [3.63, 3.8) is 0 Å². The summed E-state index contributed by atoms with van der Waals surface area (Å²) < 4.78 is 5.45. The number of aromatic nitrogens is 2. The highest BCUT2D eigenvalue weighted by atomic mass is 32.1. The summed E-state index contributed by atoms with van der Waals surface area (Å²) in [6.07, 6.45) is 0.476. The molecular weight excluding hydrogens is 366 g/mol. The van der Waals surface area contributed by atoms with Crippen molar-refractivity contribution < 1.29 is 14.6 Å². The zero-order valence-corrected chi connectivity index (χ0v) is 16.2. The highest BCUT2D eigenvalue weighted by molar-refractivity contribution is 7.20. The van der Waals surface area contributed by atoms with Crippen molar-refractivity contribution in [1.82, 2.24) is 14.9 Å². The minimum atomic E-state index is -0.851. The number of amides is 1. The molecule has 0 aliphatic rings. The van der Waals surface area contributed by atoms with E-state index in [0.29, 0.717) is 38.6 Å². The number of aliphatic hydroxyl groups is 1. The fourth-order valence-electron chi connectivity index (χ4n) is 2.88. The lowest BCUT2D eigenvalue weighted by molar-refractivity contribution is 0.0684. The molecule has 0 radical (unpaired) electrons. The first-order valence-corrected chi connectivity index (χ1v) is 9.37. The fourth-order valence-corrected chi connectivity index (χ4v) is 4.03. The van der Waals surface area contributed by atoms with E-state index in [1.807, 2.05) is 13.0 Å². The Labute approximate surface area is 160 Å². The molecule has 1 atom stereocenters. The third-order valence-corrected chi connectivity index (χ3v) is 5.46. The maximum absolute atomic E-state index is 12.8. The van der Waals surface area contributed by atoms with E-state index in [9.17, 15) is 14.7 Å². The van der Waals surface area contributed by atoms with Gasteiger partial charge in [0.1, 0.15) is 10.6 Å². The number of hydrogen-bond acceptors (Lipinski definition) is 6. The van der Waals surface area contributed by atoms with Gasteiger partial charge in [0, 0.05) is 7.05 Å². The Bertz CT molecular complexity index is 1030. The molecule has 0 bridgehead atoms. The standard InChI is InChI=1S/C19H21N3O4S/c1-4-26-13-7-5-6-12(8-13)14(23)9-22(3)19(25)16-11(2)15-17(24)20-10-21-18(15)27-16/h5-8,10,14,23H,4,9H2,1-3H3,(H,20,21,24). The number of aliphatic hydroxyl groups excluding tert-OH is 1. The van der Waals surface area contributed by atoms with E-state index in [1.165, 1.54) is 22.6 Å². The number of hydrogen-bond donors (Lipinski definition) is 2. The summed E-state index contributed by atoms with van der Waals surface area (Å²) in [5.41, 5.74) is 1.02. The minimum absolute atomic E-state index is 0.117. The zero-order chi connectivity index (χ0) is 19.6. The lowest BCUT2D eigenvalue weighted by atomic mass is 10.1. The number of aryl methyl sites for hydroxylation is 1. The van der Waals surface area contributed by atoms with Crippen LogP contribution < -0.4 is 10.3 Å². The number of nitrogens with one attached hydrogen (secondary N) is 1. The number of thiophene rings is 1. The van der Waals surface area contributed by atoms with Crippen molar-refractivity contribution in [1.29, 1.82) is 0 Å². The molecule has 0 aliphatic heterocycles. The van der Waals surface area contributed by atoms with Crippen LogP contribution in [0.4, 0.5) is 0 Å². The van der Waals surface area contributed by atoms with E-state index in [-0.39, 0.29) is 18.0 Å². The average Bonchev–Trinajstić information content (AvgIpc) is 2.99. The molecule has 2 heterocycles. The van der Waals surface area contributed by atoms with Gasteiger partial charge < -0.3 is 19.7 Å². The van der Waals surface area contributed by atoms with E-state index in [4.69, 9.17) is 4.74 Å². The largest absolute Gasteiger partial charge is 0.494 e. The second-order valence-corrected chi connectivity index (χ2v) is 7.17. The summed E-state index contributed by atoms with van der Waals surface area (Å²) in [4.78, 5) is 33.9. The summed E-state index contributed by atoms with van der Waals surface area (Å²) in [6.45, 7) is 4.28. The molecule has 2 aromatic heterocycles. The van der Waals surface area contributed by atoms with Crippen LogP contribution in [0, 0.1) is 6.92 Å². The van der Waals surface area contributed by atoms with Crippen LogP contribution in [0.2, 0.25) is 0 Å². The minimum Gasteiger partial charge on any atom is -0.494 e. The number of H-pyrrole nitrogens is 1. The Morgan fingerprint density at radius 2 is 2.22 bits per heavy atom. The number of likely N-dealkylation sites (N-methyl/N-ethyl adjacent to an activating group) is 1. The molecule has 0 fully saturated rings. The Morgan fingerprint density at radius 1 is 1.44 bits per heavy atom. The van der Waals surface area contributed by atoms with Crippen molar-refractivity contribution in [2.24, 2.45) is 0 Å². The van der Waals surface area contributed by atoms with Crippen molar-refractivity contribution in [2.75, 3.05) is 20.2 Å².